The second kappa shape index (κ2) is 6.13. The summed E-state index contributed by atoms with van der Waals surface area (Å²) < 4.78 is 0.934. The first kappa shape index (κ1) is 15.1. The minimum atomic E-state index is -0.658. The molecule has 0 bridgehead atoms. The summed E-state index contributed by atoms with van der Waals surface area (Å²) in [5.74, 6) is -0.270. The normalized spacial score (nSPS) is 10.5. The lowest BCUT2D eigenvalue weighted by atomic mass is 10.2. The minimum Gasteiger partial charge on any atom is -0.351 e. The zero-order valence-corrected chi connectivity index (χ0v) is 13.5. The Bertz CT molecular complexity index is 904. The van der Waals surface area contributed by atoms with Crippen LogP contribution in [0.4, 0.5) is 16.2 Å². The van der Waals surface area contributed by atoms with Crippen molar-refractivity contribution in [3.05, 3.63) is 58.7 Å². The van der Waals surface area contributed by atoms with Crippen LogP contribution in [0.2, 0.25) is 0 Å². The highest BCUT2D eigenvalue weighted by Crippen LogP contribution is 2.21. The molecule has 3 rings (SSSR count). The van der Waals surface area contributed by atoms with Gasteiger partial charge in [0.15, 0.2) is 0 Å². The van der Waals surface area contributed by atoms with Gasteiger partial charge in [0.05, 0.1) is 0 Å². The largest absolute Gasteiger partial charge is 0.351 e. The fraction of sp³-hybridized carbons (Fsp3) is 0. The molecule has 5 N–H and O–H groups in total. The Morgan fingerprint density at radius 2 is 1.74 bits per heavy atom. The molecular weight excluding hydrogens is 360 g/mol. The van der Waals surface area contributed by atoms with Gasteiger partial charge < -0.3 is 21.4 Å². The molecule has 0 saturated carbocycles. The number of benzene rings is 2. The summed E-state index contributed by atoms with van der Waals surface area (Å²) >= 11 is 3.39. The van der Waals surface area contributed by atoms with Gasteiger partial charge in [0.1, 0.15) is 5.69 Å². The molecule has 0 unspecified atom stereocenters. The Labute approximate surface area is 140 Å². The number of rotatable bonds is 3. The van der Waals surface area contributed by atoms with E-state index in [2.05, 4.69) is 31.5 Å². The van der Waals surface area contributed by atoms with E-state index in [4.69, 9.17) is 5.73 Å². The third-order valence-corrected chi connectivity index (χ3v) is 3.71. The highest BCUT2D eigenvalue weighted by atomic mass is 79.9. The molecule has 6 nitrogen and oxygen atoms in total. The van der Waals surface area contributed by atoms with Gasteiger partial charge in [0.2, 0.25) is 0 Å². The summed E-state index contributed by atoms with van der Waals surface area (Å²) in [7, 11) is 0. The molecule has 0 atom stereocenters. The average molecular weight is 373 g/mol. The number of H-pyrrole nitrogens is 1. The number of aromatic amines is 1. The molecule has 0 saturated heterocycles. The number of halogens is 1. The first-order valence-corrected chi connectivity index (χ1v) is 7.57. The molecule has 1 aromatic heterocycles. The third-order valence-electron chi connectivity index (χ3n) is 3.22. The fourth-order valence-electron chi connectivity index (χ4n) is 2.24. The number of aromatic nitrogens is 1. The van der Waals surface area contributed by atoms with Gasteiger partial charge in [-0.2, -0.15) is 0 Å². The van der Waals surface area contributed by atoms with E-state index < -0.39 is 6.03 Å². The summed E-state index contributed by atoms with van der Waals surface area (Å²) in [5.41, 5.74) is 7.46. The zero-order valence-electron chi connectivity index (χ0n) is 11.9. The molecule has 7 heteroatoms. The second-order valence-corrected chi connectivity index (χ2v) is 5.85. The van der Waals surface area contributed by atoms with Crippen molar-refractivity contribution >= 4 is 50.1 Å². The molecule has 1 heterocycles. The summed E-state index contributed by atoms with van der Waals surface area (Å²) in [5, 5.41) is 6.18. The van der Waals surface area contributed by atoms with Gasteiger partial charge in [-0.3, -0.25) is 4.79 Å². The van der Waals surface area contributed by atoms with Gasteiger partial charge in [0.25, 0.3) is 5.91 Å². The van der Waals surface area contributed by atoms with E-state index in [1.807, 2.05) is 18.2 Å². The van der Waals surface area contributed by atoms with Crippen LogP contribution in [0.5, 0.6) is 0 Å². The maximum atomic E-state index is 12.3. The van der Waals surface area contributed by atoms with Crippen LogP contribution in [0.1, 0.15) is 10.5 Å². The number of fused-ring (bicyclic) bond motifs is 1. The number of nitrogens with two attached hydrogens (primary N) is 1. The Hall–Kier alpha value is -2.80. The number of anilines is 2. The number of amides is 3. The van der Waals surface area contributed by atoms with Gasteiger partial charge in [-0.05, 0) is 36.4 Å². The molecule has 3 aromatic rings. The maximum absolute atomic E-state index is 12.3. The molecule has 0 aliphatic heterocycles. The summed E-state index contributed by atoms with van der Waals surface area (Å²) in [6.45, 7) is 0. The SMILES string of the molecule is NC(=O)Nc1cccc(NC(=O)c2cc3ccc(Br)cc3[nH]2)c1. The van der Waals surface area contributed by atoms with Crippen LogP contribution in [0.25, 0.3) is 10.9 Å². The molecule has 0 radical (unpaired) electrons. The van der Waals surface area contributed by atoms with Crippen molar-refractivity contribution in [3.63, 3.8) is 0 Å². The molecule has 0 fully saturated rings. The number of hydrogen-bond donors (Lipinski definition) is 4. The van der Waals surface area contributed by atoms with Gasteiger partial charge in [0, 0.05) is 26.8 Å². The highest BCUT2D eigenvalue weighted by Gasteiger charge is 2.10. The lowest BCUT2D eigenvalue weighted by Gasteiger charge is -2.06. The van der Waals surface area contributed by atoms with E-state index in [9.17, 15) is 9.59 Å². The molecular formula is C16H13BrN4O2. The number of urea groups is 1. The molecule has 3 amide bonds. The van der Waals surface area contributed by atoms with Crippen molar-refractivity contribution in [3.8, 4) is 0 Å². The van der Waals surface area contributed by atoms with Crippen molar-refractivity contribution in [2.24, 2.45) is 5.73 Å². The van der Waals surface area contributed by atoms with E-state index in [1.54, 1.807) is 30.3 Å². The van der Waals surface area contributed by atoms with Crippen LogP contribution in [-0.4, -0.2) is 16.9 Å². The highest BCUT2D eigenvalue weighted by molar-refractivity contribution is 9.10. The van der Waals surface area contributed by atoms with E-state index in [0.717, 1.165) is 15.4 Å². The fourth-order valence-corrected chi connectivity index (χ4v) is 2.60. The predicted molar refractivity (Wildman–Crippen MR) is 93.6 cm³/mol. The summed E-state index contributed by atoms with van der Waals surface area (Å²) in [4.78, 5) is 26.3. The van der Waals surface area contributed by atoms with Gasteiger partial charge in [-0.25, -0.2) is 4.79 Å². The number of primary amides is 1. The molecule has 116 valence electrons. The maximum Gasteiger partial charge on any atom is 0.316 e. The number of nitrogens with one attached hydrogen (secondary N) is 3. The lowest BCUT2D eigenvalue weighted by molar-refractivity contribution is 0.102. The Kier molecular flexibility index (Phi) is 4.03. The van der Waals surface area contributed by atoms with E-state index in [-0.39, 0.29) is 5.91 Å². The quantitative estimate of drug-likeness (QED) is 0.563. The Morgan fingerprint density at radius 1 is 1.00 bits per heavy atom. The Morgan fingerprint density at radius 3 is 2.48 bits per heavy atom. The zero-order chi connectivity index (χ0) is 16.4. The Balaban J connectivity index is 1.81. The smallest absolute Gasteiger partial charge is 0.316 e. The standard InChI is InChI=1S/C16H13BrN4O2/c17-10-5-4-9-6-14(21-13(9)7-10)15(22)19-11-2-1-3-12(8-11)20-16(18)23/h1-8,21H,(H,19,22)(H3,18,20,23). The van der Waals surface area contributed by atoms with Crippen LogP contribution in [0, 0.1) is 0 Å². The predicted octanol–water partition coefficient (Wildman–Crippen LogP) is 3.67. The van der Waals surface area contributed by atoms with Crippen LogP contribution >= 0.6 is 15.9 Å². The molecule has 0 spiro atoms. The molecule has 0 aliphatic rings. The van der Waals surface area contributed by atoms with Gasteiger partial charge in [-0.15, -0.1) is 0 Å². The topological polar surface area (TPSA) is 100 Å². The first-order valence-electron chi connectivity index (χ1n) is 6.77. The van der Waals surface area contributed by atoms with Crippen LogP contribution in [-0.2, 0) is 0 Å². The van der Waals surface area contributed by atoms with Crippen LogP contribution < -0.4 is 16.4 Å². The molecule has 0 aliphatic carbocycles. The summed E-state index contributed by atoms with van der Waals surface area (Å²) in [6, 6.07) is 13.6. The second-order valence-electron chi connectivity index (χ2n) is 4.94. The van der Waals surface area contributed by atoms with E-state index >= 15 is 0 Å². The molecule has 23 heavy (non-hydrogen) atoms. The summed E-state index contributed by atoms with van der Waals surface area (Å²) in [6.07, 6.45) is 0. The third kappa shape index (κ3) is 3.51. The number of carbonyl (C=O) groups excluding carboxylic acids is 2. The van der Waals surface area contributed by atoms with E-state index in [1.165, 1.54) is 0 Å². The van der Waals surface area contributed by atoms with Crippen molar-refractivity contribution in [1.29, 1.82) is 0 Å². The van der Waals surface area contributed by atoms with Crippen molar-refractivity contribution in [1.82, 2.24) is 4.98 Å². The number of carbonyl (C=O) groups is 2. The van der Waals surface area contributed by atoms with Crippen LogP contribution in [0.15, 0.2) is 53.0 Å². The number of hydrogen-bond acceptors (Lipinski definition) is 2. The van der Waals surface area contributed by atoms with Gasteiger partial charge >= 0.3 is 6.03 Å². The average Bonchev–Trinajstić information content (AvgIpc) is 2.90. The molecule has 2 aromatic carbocycles. The lowest BCUT2D eigenvalue weighted by Crippen LogP contribution is -2.19. The van der Waals surface area contributed by atoms with Crippen molar-refractivity contribution < 1.29 is 9.59 Å². The minimum absolute atomic E-state index is 0.270. The van der Waals surface area contributed by atoms with Gasteiger partial charge in [-0.1, -0.05) is 28.1 Å². The van der Waals surface area contributed by atoms with Crippen LogP contribution in [0.3, 0.4) is 0 Å². The van der Waals surface area contributed by atoms with E-state index in [0.29, 0.717) is 17.1 Å². The first-order chi connectivity index (χ1) is 11.0. The van der Waals surface area contributed by atoms with Crippen molar-refractivity contribution in [2.45, 2.75) is 0 Å². The monoisotopic (exact) mass is 372 g/mol. The van der Waals surface area contributed by atoms with Crippen molar-refractivity contribution in [2.75, 3.05) is 10.6 Å².